The molecular formula is C55H60N8O9. The van der Waals surface area contributed by atoms with Crippen molar-refractivity contribution in [2.24, 2.45) is 0 Å². The summed E-state index contributed by atoms with van der Waals surface area (Å²) in [7, 11) is 0. The maximum atomic E-state index is 13.6. The molecule has 0 saturated carbocycles. The minimum atomic E-state index is -1.75. The molecule has 0 radical (unpaired) electrons. The van der Waals surface area contributed by atoms with E-state index in [0.717, 1.165) is 63.3 Å². The molecule has 2 aromatic carbocycles. The molecule has 72 heavy (non-hydrogen) atoms. The average Bonchev–Trinajstić information content (AvgIpc) is 3.96. The van der Waals surface area contributed by atoms with Gasteiger partial charge < -0.3 is 49.6 Å². The first-order valence-corrected chi connectivity index (χ1v) is 25.6. The van der Waals surface area contributed by atoms with Crippen molar-refractivity contribution in [3.8, 4) is 34.3 Å². The van der Waals surface area contributed by atoms with Crippen molar-refractivity contribution in [3.63, 3.8) is 0 Å². The lowest BCUT2D eigenvalue weighted by Crippen LogP contribution is -2.50. The van der Waals surface area contributed by atoms with Gasteiger partial charge in [0.2, 0.25) is 0 Å². The fourth-order valence-corrected chi connectivity index (χ4v) is 12.3. The number of carbonyl (C=O) groups is 3. The Morgan fingerprint density at radius 2 is 1.17 bits per heavy atom. The second-order valence-electron chi connectivity index (χ2n) is 20.0. The number of benzene rings is 2. The summed E-state index contributed by atoms with van der Waals surface area (Å²) in [6.45, 7) is 12.2. The number of phenolic OH excluding ortho intramolecular Hbond substituents is 1. The fraction of sp³-hybridized carbons (Fsp3) is 0.436. The number of aromatic hydroxyl groups is 1. The zero-order valence-corrected chi connectivity index (χ0v) is 41.2. The van der Waals surface area contributed by atoms with E-state index in [2.05, 4.69) is 22.5 Å². The summed E-state index contributed by atoms with van der Waals surface area (Å²) in [6, 6.07) is 14.7. The highest BCUT2D eigenvalue weighted by Gasteiger charge is 2.45. The number of carbonyl (C=O) groups excluding carboxylic acids is 3. The van der Waals surface area contributed by atoms with Gasteiger partial charge in [-0.3, -0.25) is 19.2 Å². The highest BCUT2D eigenvalue weighted by Crippen LogP contribution is 2.42. The molecule has 3 amide bonds. The lowest BCUT2D eigenvalue weighted by Gasteiger charge is -2.39. The van der Waals surface area contributed by atoms with Gasteiger partial charge in [-0.15, -0.1) is 0 Å². The Morgan fingerprint density at radius 1 is 0.667 bits per heavy atom. The van der Waals surface area contributed by atoms with E-state index in [1.165, 1.54) is 32.4 Å². The molecule has 0 unspecified atom stereocenters. The number of likely N-dealkylation sites (tertiary alicyclic amines) is 2. The first-order chi connectivity index (χ1) is 34.7. The molecule has 12 rings (SSSR count). The van der Waals surface area contributed by atoms with Crippen LogP contribution in [0, 0.1) is 0 Å². The number of hydrogen-bond acceptors (Lipinski definition) is 12. The van der Waals surface area contributed by atoms with Gasteiger partial charge in [0, 0.05) is 76.4 Å². The van der Waals surface area contributed by atoms with Gasteiger partial charge in [0.1, 0.15) is 11.5 Å². The van der Waals surface area contributed by atoms with Crippen LogP contribution in [-0.2, 0) is 59.8 Å². The normalized spacial score (nSPS) is 21.2. The maximum Gasteiger partial charge on any atom is 0.415 e. The first-order valence-electron chi connectivity index (χ1n) is 25.6. The quantitative estimate of drug-likeness (QED) is 0.138. The Morgan fingerprint density at radius 3 is 1.67 bits per heavy atom. The third-order valence-electron chi connectivity index (χ3n) is 16.3. The van der Waals surface area contributed by atoms with Gasteiger partial charge in [0.15, 0.2) is 11.2 Å². The smallest absolute Gasteiger partial charge is 0.415 e. The van der Waals surface area contributed by atoms with Gasteiger partial charge in [-0.25, -0.2) is 14.8 Å². The monoisotopic (exact) mass is 976 g/mol. The fourth-order valence-electron chi connectivity index (χ4n) is 12.3. The number of pyridine rings is 4. The van der Waals surface area contributed by atoms with Gasteiger partial charge in [-0.1, -0.05) is 34.1 Å². The van der Waals surface area contributed by atoms with Gasteiger partial charge in [0.05, 0.1) is 46.9 Å². The Balaban J connectivity index is 0.000000168. The summed E-state index contributed by atoms with van der Waals surface area (Å²) >= 11 is 0. The van der Waals surface area contributed by atoms with Crippen LogP contribution in [0.25, 0.3) is 44.6 Å². The SMILES string of the molecule is CCc1c2c(nc3ccc(O)cc13)-c1cc3c(c(=O)n1C2)CNC(=O)[C@]3(O)CC.CCc1c2c(nc3ccc(OC(=O)N4CCC(N5CCCCC5)CC4)cc13)-c1cc3c(c(=O)n1C2)CNC(=O)[C@]3(O)CC. The molecule has 17 nitrogen and oxygen atoms in total. The predicted octanol–water partition coefficient (Wildman–Crippen LogP) is 5.58. The van der Waals surface area contributed by atoms with Crippen LogP contribution in [-0.4, -0.2) is 94.4 Å². The maximum absolute atomic E-state index is 13.6. The molecule has 0 aliphatic carbocycles. The van der Waals surface area contributed by atoms with Crippen LogP contribution >= 0.6 is 0 Å². The molecule has 0 bridgehead atoms. The summed E-state index contributed by atoms with van der Waals surface area (Å²) in [5.41, 5.74) is 5.74. The molecule has 6 aromatic rings. The minimum Gasteiger partial charge on any atom is -0.508 e. The van der Waals surface area contributed by atoms with Crippen LogP contribution in [0.2, 0.25) is 0 Å². The van der Waals surface area contributed by atoms with Crippen molar-refractivity contribution in [3.05, 3.63) is 114 Å². The number of aromatic nitrogens is 4. The van der Waals surface area contributed by atoms with E-state index in [4.69, 9.17) is 14.7 Å². The number of hydrogen-bond donors (Lipinski definition) is 5. The van der Waals surface area contributed by atoms with Gasteiger partial charge in [-0.05, 0) is 124 Å². The van der Waals surface area contributed by atoms with E-state index < -0.39 is 23.0 Å². The van der Waals surface area contributed by atoms with Crippen LogP contribution in [0.4, 0.5) is 4.79 Å². The predicted molar refractivity (Wildman–Crippen MR) is 270 cm³/mol. The van der Waals surface area contributed by atoms with E-state index >= 15 is 0 Å². The Bertz CT molecular complexity index is 3410. The molecule has 2 fully saturated rings. The van der Waals surface area contributed by atoms with Crippen molar-refractivity contribution in [1.82, 2.24) is 39.5 Å². The highest BCUT2D eigenvalue weighted by atomic mass is 16.6. The van der Waals surface area contributed by atoms with E-state index in [-0.39, 0.29) is 48.9 Å². The number of phenols is 1. The van der Waals surface area contributed by atoms with Gasteiger partial charge in [0.25, 0.3) is 22.9 Å². The topological polar surface area (TPSA) is 221 Å². The highest BCUT2D eigenvalue weighted by molar-refractivity contribution is 5.93. The third kappa shape index (κ3) is 7.41. The van der Waals surface area contributed by atoms with Crippen molar-refractivity contribution in [2.75, 3.05) is 26.2 Å². The van der Waals surface area contributed by atoms with Crippen LogP contribution in [0.1, 0.15) is 117 Å². The summed E-state index contributed by atoms with van der Waals surface area (Å²) in [6.07, 6.45) is 7.26. The largest absolute Gasteiger partial charge is 0.508 e. The molecule has 5 N–H and O–H groups in total. The molecule has 4 aromatic heterocycles. The molecule has 6 aliphatic rings. The van der Waals surface area contributed by atoms with Crippen LogP contribution in [0.3, 0.4) is 0 Å². The van der Waals surface area contributed by atoms with E-state index in [1.54, 1.807) is 59.4 Å². The van der Waals surface area contributed by atoms with E-state index in [9.17, 15) is 39.3 Å². The lowest BCUT2D eigenvalue weighted by molar-refractivity contribution is -0.143. The third-order valence-corrected chi connectivity index (χ3v) is 16.3. The molecule has 2 atom stereocenters. The zero-order valence-electron chi connectivity index (χ0n) is 41.2. The molecule has 10 heterocycles. The van der Waals surface area contributed by atoms with Crippen molar-refractivity contribution in [2.45, 2.75) is 129 Å². The number of nitrogens with zero attached hydrogens (tertiary/aromatic N) is 6. The number of rotatable bonds is 6. The van der Waals surface area contributed by atoms with Crippen molar-refractivity contribution < 1.29 is 34.4 Å². The molecule has 0 spiro atoms. The summed E-state index contributed by atoms with van der Waals surface area (Å²) in [5.74, 6) is -0.312. The van der Waals surface area contributed by atoms with Gasteiger partial charge in [-0.2, -0.15) is 0 Å². The zero-order chi connectivity index (χ0) is 50.4. The summed E-state index contributed by atoms with van der Waals surface area (Å²) in [4.78, 5) is 79.1. The molecular weight excluding hydrogens is 917 g/mol. The average molecular weight is 977 g/mol. The number of aliphatic hydroxyl groups is 2. The molecule has 2 saturated heterocycles. The number of amides is 3. The lowest BCUT2D eigenvalue weighted by atomic mass is 9.84. The molecule has 6 aliphatic heterocycles. The Labute approximate surface area is 415 Å². The second-order valence-corrected chi connectivity index (χ2v) is 20.0. The number of aryl methyl sites for hydroxylation is 2. The van der Waals surface area contributed by atoms with Crippen LogP contribution in [0.5, 0.6) is 11.5 Å². The van der Waals surface area contributed by atoms with Crippen molar-refractivity contribution in [1.29, 1.82) is 0 Å². The van der Waals surface area contributed by atoms with Crippen molar-refractivity contribution >= 4 is 39.7 Å². The number of nitrogens with one attached hydrogen (secondary N) is 2. The molecule has 374 valence electrons. The first kappa shape index (κ1) is 47.4. The second kappa shape index (κ2) is 18.0. The Hall–Kier alpha value is -6.95. The molecule has 17 heteroatoms. The van der Waals surface area contributed by atoms with E-state index in [0.29, 0.717) is 89.4 Å². The minimum absolute atomic E-state index is 0.0899. The van der Waals surface area contributed by atoms with Gasteiger partial charge >= 0.3 is 6.09 Å². The van der Waals surface area contributed by atoms with Crippen LogP contribution in [0.15, 0.2) is 58.1 Å². The number of fused-ring (bicyclic) bond motifs is 10. The standard InChI is InChI=1S/C33H39N5O5.C22H21N3O4/c1-3-22-23-16-21(43-32(41)37-14-10-20(11-15-37)36-12-6-5-7-13-36)8-9-27(23)35-29-25(22)19-38-28(29)17-26-24(30(38)39)18-34-31(40)33(26,42)4-2;1-3-12-13-7-11(26)5-6-17(13)24-19-15(12)10-25-18(19)8-16-14(20(25)27)9-23-21(28)22(16,29)4-2/h8-9,16-17,20,42H,3-7,10-15,18-19H2,1-2H3,(H,34,40);5-8,26,29H,3-4,9-10H2,1-2H3,(H,23,28)/t33-;22-/m00/s1. The number of ether oxygens (including phenoxy) is 1. The Kier molecular flexibility index (Phi) is 11.8. The van der Waals surface area contributed by atoms with Crippen LogP contribution < -0.4 is 26.5 Å². The van der Waals surface area contributed by atoms with E-state index in [1.807, 2.05) is 24.0 Å². The summed E-state index contributed by atoms with van der Waals surface area (Å²) in [5, 5.41) is 39.2. The number of piperidine rings is 2. The summed E-state index contributed by atoms with van der Waals surface area (Å²) < 4.78 is 9.24.